The standard InChI is InChI=1S/C5H8N2/c1-2-3-4-7-5-6/h2,6H,1,3-4H2. The molecule has 0 aliphatic rings. The molecular formula is C5H8N2. The molecule has 7 heavy (non-hydrogen) atoms. The lowest BCUT2D eigenvalue weighted by molar-refractivity contribution is 1.01. The lowest BCUT2D eigenvalue weighted by Gasteiger charge is -1.76. The second kappa shape index (κ2) is 5.12. The summed E-state index contributed by atoms with van der Waals surface area (Å²) < 4.78 is 0. The zero-order valence-corrected chi connectivity index (χ0v) is 4.15. The van der Waals surface area contributed by atoms with Crippen LogP contribution in [0.4, 0.5) is 0 Å². The van der Waals surface area contributed by atoms with Crippen molar-refractivity contribution in [1.29, 1.82) is 5.41 Å². The highest BCUT2D eigenvalue weighted by Crippen LogP contribution is 1.76. The molecule has 0 radical (unpaired) electrons. The van der Waals surface area contributed by atoms with Crippen molar-refractivity contribution in [2.45, 2.75) is 6.42 Å². The molecule has 2 heteroatoms. The van der Waals surface area contributed by atoms with Crippen molar-refractivity contribution in [3.8, 4) is 0 Å². The normalized spacial score (nSPS) is 6.86. The number of aliphatic imine (C=N–C) groups is 1. The summed E-state index contributed by atoms with van der Waals surface area (Å²) in [6.45, 7) is 4.13. The summed E-state index contributed by atoms with van der Waals surface area (Å²) in [6.07, 6.45) is 2.60. The molecule has 0 rings (SSSR count). The van der Waals surface area contributed by atoms with Crippen LogP contribution in [0.15, 0.2) is 17.6 Å². The van der Waals surface area contributed by atoms with Crippen molar-refractivity contribution in [2.75, 3.05) is 6.54 Å². The highest BCUT2D eigenvalue weighted by Gasteiger charge is 1.68. The molecule has 0 aromatic carbocycles. The van der Waals surface area contributed by atoms with Crippen LogP contribution in [-0.2, 0) is 0 Å². The van der Waals surface area contributed by atoms with Gasteiger partial charge < -0.3 is 0 Å². The summed E-state index contributed by atoms with van der Waals surface area (Å²) in [6, 6.07) is 1.93. The van der Waals surface area contributed by atoms with Crippen LogP contribution in [0.25, 0.3) is 0 Å². The first-order valence-corrected chi connectivity index (χ1v) is 2.11. The second-order valence-electron chi connectivity index (χ2n) is 1.07. The Morgan fingerprint density at radius 1 is 1.86 bits per heavy atom. The summed E-state index contributed by atoms with van der Waals surface area (Å²) in [7, 11) is 0. The van der Waals surface area contributed by atoms with Gasteiger partial charge in [-0.1, -0.05) is 6.08 Å². The summed E-state index contributed by atoms with van der Waals surface area (Å²) in [4.78, 5) is 3.51. The van der Waals surface area contributed by atoms with Gasteiger partial charge in [0.2, 0.25) is 0 Å². The average molecular weight is 96.1 g/mol. The first kappa shape index (κ1) is 6.12. The highest BCUT2D eigenvalue weighted by atomic mass is 14.7. The number of rotatable bonds is 3. The molecule has 0 heterocycles. The molecule has 0 amide bonds. The smallest absolute Gasteiger partial charge is 0.0862 e. The lowest BCUT2D eigenvalue weighted by Crippen LogP contribution is -1.71. The van der Waals surface area contributed by atoms with E-state index >= 15 is 0 Å². The monoisotopic (exact) mass is 96.1 g/mol. The van der Waals surface area contributed by atoms with Gasteiger partial charge in [0, 0.05) is 0 Å². The number of nitrogens with one attached hydrogen (secondary N) is 1. The van der Waals surface area contributed by atoms with Gasteiger partial charge in [-0.3, -0.25) is 0 Å². The van der Waals surface area contributed by atoms with E-state index in [0.29, 0.717) is 6.54 Å². The van der Waals surface area contributed by atoms with Gasteiger partial charge in [0.1, 0.15) is 0 Å². The minimum absolute atomic E-state index is 0.646. The molecule has 0 aliphatic carbocycles. The van der Waals surface area contributed by atoms with Crippen LogP contribution in [-0.4, -0.2) is 12.6 Å². The van der Waals surface area contributed by atoms with Crippen molar-refractivity contribution in [2.24, 2.45) is 4.99 Å². The maximum absolute atomic E-state index is 6.33. The Morgan fingerprint density at radius 3 is 3.00 bits per heavy atom. The molecule has 0 unspecified atom stereocenters. The molecule has 0 aliphatic heterocycles. The fourth-order valence-electron chi connectivity index (χ4n) is 0.212. The SMILES string of the molecule is C=CCCN=C=N. The first-order chi connectivity index (χ1) is 3.41. The van der Waals surface area contributed by atoms with Crippen molar-refractivity contribution >= 4 is 6.01 Å². The Bertz CT molecular complexity index is 90.3. The fourth-order valence-corrected chi connectivity index (χ4v) is 0.212. The van der Waals surface area contributed by atoms with Crippen LogP contribution >= 0.6 is 0 Å². The molecule has 0 saturated carbocycles. The molecule has 2 nitrogen and oxygen atoms in total. The van der Waals surface area contributed by atoms with E-state index in [9.17, 15) is 0 Å². The van der Waals surface area contributed by atoms with Crippen LogP contribution in [0, 0.1) is 5.41 Å². The molecule has 0 aromatic heterocycles. The van der Waals surface area contributed by atoms with Crippen LogP contribution < -0.4 is 0 Å². The Morgan fingerprint density at radius 2 is 2.57 bits per heavy atom. The van der Waals surface area contributed by atoms with E-state index in [-0.39, 0.29) is 0 Å². The molecule has 1 N–H and O–H groups in total. The van der Waals surface area contributed by atoms with Crippen LogP contribution in [0.2, 0.25) is 0 Å². The van der Waals surface area contributed by atoms with Crippen molar-refractivity contribution in [1.82, 2.24) is 0 Å². The minimum atomic E-state index is 0.646. The number of hydrogen-bond acceptors (Lipinski definition) is 2. The predicted molar refractivity (Wildman–Crippen MR) is 29.8 cm³/mol. The average Bonchev–Trinajstić information content (AvgIpc) is 1.69. The van der Waals surface area contributed by atoms with Crippen LogP contribution in [0.1, 0.15) is 6.42 Å². The largest absolute Gasteiger partial charge is 0.242 e. The van der Waals surface area contributed by atoms with E-state index in [1.165, 1.54) is 0 Å². The van der Waals surface area contributed by atoms with Crippen LogP contribution in [0.3, 0.4) is 0 Å². The minimum Gasteiger partial charge on any atom is -0.242 e. The Hall–Kier alpha value is -0.880. The zero-order valence-electron chi connectivity index (χ0n) is 4.15. The van der Waals surface area contributed by atoms with Crippen molar-refractivity contribution < 1.29 is 0 Å². The van der Waals surface area contributed by atoms with E-state index in [4.69, 9.17) is 5.41 Å². The molecule has 38 valence electrons. The summed E-state index contributed by atoms with van der Waals surface area (Å²) in [5.41, 5.74) is 0. The summed E-state index contributed by atoms with van der Waals surface area (Å²) in [5.74, 6) is 0. The maximum Gasteiger partial charge on any atom is 0.0862 e. The molecular weight excluding hydrogens is 88.1 g/mol. The molecule has 0 bridgehead atoms. The van der Waals surface area contributed by atoms with Crippen LogP contribution in [0.5, 0.6) is 0 Å². The van der Waals surface area contributed by atoms with Gasteiger partial charge >= 0.3 is 0 Å². The Balaban J connectivity index is 2.97. The molecule has 0 atom stereocenters. The molecule has 0 fully saturated rings. The predicted octanol–water partition coefficient (Wildman–Crippen LogP) is 1.32. The van der Waals surface area contributed by atoms with E-state index in [1.807, 2.05) is 6.01 Å². The summed E-state index contributed by atoms with van der Waals surface area (Å²) in [5, 5.41) is 6.33. The zero-order chi connectivity index (χ0) is 5.54. The second-order valence-corrected chi connectivity index (χ2v) is 1.07. The third-order valence-electron chi connectivity index (χ3n) is 0.524. The molecule has 0 saturated heterocycles. The van der Waals surface area contributed by atoms with Crippen molar-refractivity contribution in [3.63, 3.8) is 0 Å². The number of nitrogens with zero attached hydrogens (tertiary/aromatic N) is 1. The Kier molecular flexibility index (Phi) is 4.48. The van der Waals surface area contributed by atoms with Crippen molar-refractivity contribution in [3.05, 3.63) is 12.7 Å². The van der Waals surface area contributed by atoms with E-state index in [0.717, 1.165) is 6.42 Å². The third kappa shape index (κ3) is 5.12. The van der Waals surface area contributed by atoms with E-state index in [1.54, 1.807) is 6.08 Å². The van der Waals surface area contributed by atoms with Gasteiger partial charge in [-0.05, 0) is 6.42 Å². The lowest BCUT2D eigenvalue weighted by atomic mass is 10.4. The van der Waals surface area contributed by atoms with Gasteiger partial charge in [0.05, 0.1) is 12.6 Å². The summed E-state index contributed by atoms with van der Waals surface area (Å²) >= 11 is 0. The topological polar surface area (TPSA) is 36.2 Å². The third-order valence-corrected chi connectivity index (χ3v) is 0.524. The van der Waals surface area contributed by atoms with E-state index < -0.39 is 0 Å². The molecule has 0 aromatic rings. The quantitative estimate of drug-likeness (QED) is 0.312. The number of hydrogen-bond donors (Lipinski definition) is 1. The fraction of sp³-hybridized carbons (Fsp3) is 0.400. The van der Waals surface area contributed by atoms with Gasteiger partial charge in [0.15, 0.2) is 0 Å². The maximum atomic E-state index is 6.33. The Labute approximate surface area is 43.1 Å². The van der Waals surface area contributed by atoms with Gasteiger partial charge in [-0.25, -0.2) is 10.4 Å². The van der Waals surface area contributed by atoms with Gasteiger partial charge in [0.25, 0.3) is 0 Å². The van der Waals surface area contributed by atoms with Gasteiger partial charge in [-0.2, -0.15) is 0 Å². The van der Waals surface area contributed by atoms with E-state index in [2.05, 4.69) is 11.6 Å². The first-order valence-electron chi connectivity index (χ1n) is 2.11. The van der Waals surface area contributed by atoms with Gasteiger partial charge in [-0.15, -0.1) is 6.58 Å². The molecule has 0 spiro atoms. The highest BCUT2D eigenvalue weighted by molar-refractivity contribution is 5.35.